The summed E-state index contributed by atoms with van der Waals surface area (Å²) < 4.78 is 5.22. The van der Waals surface area contributed by atoms with Gasteiger partial charge in [-0.15, -0.1) is 11.3 Å². The van der Waals surface area contributed by atoms with Gasteiger partial charge in [-0.2, -0.15) is 0 Å². The van der Waals surface area contributed by atoms with E-state index in [2.05, 4.69) is 5.32 Å². The number of nitrogens with one attached hydrogen (secondary N) is 1. The Kier molecular flexibility index (Phi) is 4.95. The number of aliphatic hydroxyl groups is 1. The molecule has 0 spiro atoms. The zero-order chi connectivity index (χ0) is 15.4. The molecular weight excluding hydrogens is 298 g/mol. The number of hydrogen-bond acceptors (Lipinski definition) is 4. The van der Waals surface area contributed by atoms with Crippen molar-refractivity contribution >= 4 is 17.2 Å². The molecule has 3 rings (SSSR count). The Bertz CT molecular complexity index is 599. The minimum Gasteiger partial charge on any atom is -0.466 e. The van der Waals surface area contributed by atoms with Crippen molar-refractivity contribution in [1.29, 1.82) is 0 Å². The predicted octanol–water partition coefficient (Wildman–Crippen LogP) is 3.62. The summed E-state index contributed by atoms with van der Waals surface area (Å²) in [6.07, 6.45) is 6.42. The third-order valence-electron chi connectivity index (χ3n) is 4.18. The number of carbonyl (C=O) groups excluding carboxylic acids is 1. The minimum atomic E-state index is -0.734. The SMILES string of the molecule is O=C(NCc1ccc(C(O)c2ccco2)s1)C1CCCCC1. The van der Waals surface area contributed by atoms with Gasteiger partial charge in [0, 0.05) is 15.7 Å². The fourth-order valence-electron chi connectivity index (χ4n) is 2.91. The Morgan fingerprint density at radius 2 is 2.14 bits per heavy atom. The van der Waals surface area contributed by atoms with Crippen LogP contribution < -0.4 is 5.32 Å². The van der Waals surface area contributed by atoms with Crippen LogP contribution in [0.5, 0.6) is 0 Å². The van der Waals surface area contributed by atoms with Crippen molar-refractivity contribution in [3.63, 3.8) is 0 Å². The molecule has 1 amide bonds. The highest BCUT2D eigenvalue weighted by molar-refractivity contribution is 7.12. The maximum atomic E-state index is 12.1. The third kappa shape index (κ3) is 3.59. The van der Waals surface area contributed by atoms with Crippen LogP contribution in [-0.4, -0.2) is 11.0 Å². The number of thiophene rings is 1. The van der Waals surface area contributed by atoms with Gasteiger partial charge in [0.15, 0.2) is 0 Å². The molecule has 2 aromatic heterocycles. The van der Waals surface area contributed by atoms with Crippen LogP contribution in [0.4, 0.5) is 0 Å². The first kappa shape index (κ1) is 15.3. The molecule has 1 fully saturated rings. The molecule has 2 heterocycles. The zero-order valence-corrected chi connectivity index (χ0v) is 13.3. The van der Waals surface area contributed by atoms with Crippen LogP contribution in [0.25, 0.3) is 0 Å². The maximum Gasteiger partial charge on any atom is 0.223 e. The normalized spacial score (nSPS) is 17.3. The molecule has 4 nitrogen and oxygen atoms in total. The maximum absolute atomic E-state index is 12.1. The van der Waals surface area contributed by atoms with Crippen molar-refractivity contribution in [2.75, 3.05) is 0 Å². The summed E-state index contributed by atoms with van der Waals surface area (Å²) in [7, 11) is 0. The molecule has 1 atom stereocenters. The molecule has 1 saturated carbocycles. The van der Waals surface area contributed by atoms with Crippen LogP contribution in [0, 0.1) is 5.92 Å². The topological polar surface area (TPSA) is 62.5 Å². The zero-order valence-electron chi connectivity index (χ0n) is 12.5. The highest BCUT2D eigenvalue weighted by Gasteiger charge is 2.21. The molecule has 1 aliphatic carbocycles. The van der Waals surface area contributed by atoms with Gasteiger partial charge in [0.25, 0.3) is 0 Å². The fourth-order valence-corrected chi connectivity index (χ4v) is 3.85. The van der Waals surface area contributed by atoms with Crippen LogP contribution in [-0.2, 0) is 11.3 Å². The van der Waals surface area contributed by atoms with Gasteiger partial charge in [0.05, 0.1) is 12.8 Å². The van der Waals surface area contributed by atoms with Gasteiger partial charge < -0.3 is 14.8 Å². The summed E-state index contributed by atoms with van der Waals surface area (Å²) in [6, 6.07) is 7.36. The van der Waals surface area contributed by atoms with E-state index in [4.69, 9.17) is 4.42 Å². The van der Waals surface area contributed by atoms with E-state index < -0.39 is 6.10 Å². The number of carbonyl (C=O) groups is 1. The molecule has 0 radical (unpaired) electrons. The lowest BCUT2D eigenvalue weighted by Gasteiger charge is -2.20. The van der Waals surface area contributed by atoms with Gasteiger partial charge in [0.1, 0.15) is 11.9 Å². The highest BCUT2D eigenvalue weighted by Crippen LogP contribution is 2.29. The first-order valence-electron chi connectivity index (χ1n) is 7.82. The molecule has 118 valence electrons. The van der Waals surface area contributed by atoms with Gasteiger partial charge in [-0.25, -0.2) is 0 Å². The van der Waals surface area contributed by atoms with Gasteiger partial charge in [0.2, 0.25) is 5.91 Å². The Morgan fingerprint density at radius 3 is 2.86 bits per heavy atom. The Labute approximate surface area is 134 Å². The lowest BCUT2D eigenvalue weighted by Crippen LogP contribution is -2.31. The fraction of sp³-hybridized carbons (Fsp3) is 0.471. The predicted molar refractivity (Wildman–Crippen MR) is 85.5 cm³/mol. The van der Waals surface area contributed by atoms with Crippen molar-refractivity contribution in [2.24, 2.45) is 5.92 Å². The molecule has 0 bridgehead atoms. The van der Waals surface area contributed by atoms with Crippen LogP contribution in [0.3, 0.4) is 0 Å². The van der Waals surface area contributed by atoms with Gasteiger partial charge in [-0.3, -0.25) is 4.79 Å². The van der Waals surface area contributed by atoms with E-state index in [-0.39, 0.29) is 11.8 Å². The van der Waals surface area contributed by atoms with Gasteiger partial charge >= 0.3 is 0 Å². The van der Waals surface area contributed by atoms with Gasteiger partial charge in [-0.05, 0) is 37.1 Å². The Hall–Kier alpha value is -1.59. The summed E-state index contributed by atoms with van der Waals surface area (Å²) in [5.74, 6) is 0.891. The summed E-state index contributed by atoms with van der Waals surface area (Å²) in [4.78, 5) is 14.0. The second kappa shape index (κ2) is 7.11. The molecule has 5 heteroatoms. The average Bonchev–Trinajstić information content (AvgIpc) is 3.24. The summed E-state index contributed by atoms with van der Waals surface area (Å²) in [5, 5.41) is 13.2. The second-order valence-electron chi connectivity index (χ2n) is 5.77. The second-order valence-corrected chi connectivity index (χ2v) is 6.97. The molecule has 2 N–H and O–H groups in total. The van der Waals surface area contributed by atoms with E-state index >= 15 is 0 Å². The summed E-state index contributed by atoms with van der Waals surface area (Å²) >= 11 is 1.50. The van der Waals surface area contributed by atoms with E-state index in [1.807, 2.05) is 12.1 Å². The van der Waals surface area contributed by atoms with E-state index in [1.54, 1.807) is 18.4 Å². The molecule has 1 aliphatic rings. The molecular formula is C17H21NO3S. The van der Waals surface area contributed by atoms with E-state index in [9.17, 15) is 9.90 Å². The van der Waals surface area contributed by atoms with E-state index in [1.165, 1.54) is 17.8 Å². The molecule has 0 aliphatic heterocycles. The van der Waals surface area contributed by atoms with E-state index in [0.29, 0.717) is 12.3 Å². The smallest absolute Gasteiger partial charge is 0.223 e. The van der Waals surface area contributed by atoms with Crippen LogP contribution >= 0.6 is 11.3 Å². The van der Waals surface area contributed by atoms with Crippen LogP contribution in [0.1, 0.15) is 53.7 Å². The largest absolute Gasteiger partial charge is 0.466 e. The Morgan fingerprint density at radius 1 is 1.32 bits per heavy atom. The molecule has 2 aromatic rings. The van der Waals surface area contributed by atoms with Crippen molar-refractivity contribution in [3.05, 3.63) is 46.0 Å². The lowest BCUT2D eigenvalue weighted by molar-refractivity contribution is -0.126. The van der Waals surface area contributed by atoms with Crippen molar-refractivity contribution in [2.45, 2.75) is 44.8 Å². The molecule has 22 heavy (non-hydrogen) atoms. The number of hydrogen-bond donors (Lipinski definition) is 2. The van der Waals surface area contributed by atoms with Crippen molar-refractivity contribution < 1.29 is 14.3 Å². The third-order valence-corrected chi connectivity index (χ3v) is 5.32. The number of amides is 1. The highest BCUT2D eigenvalue weighted by atomic mass is 32.1. The lowest BCUT2D eigenvalue weighted by atomic mass is 9.89. The van der Waals surface area contributed by atoms with Crippen LogP contribution in [0.2, 0.25) is 0 Å². The molecule has 1 unspecified atom stereocenters. The quantitative estimate of drug-likeness (QED) is 0.885. The first-order chi connectivity index (χ1) is 10.7. The first-order valence-corrected chi connectivity index (χ1v) is 8.63. The molecule has 0 saturated heterocycles. The number of rotatable bonds is 5. The molecule has 0 aromatic carbocycles. The monoisotopic (exact) mass is 319 g/mol. The van der Waals surface area contributed by atoms with Crippen LogP contribution in [0.15, 0.2) is 34.9 Å². The van der Waals surface area contributed by atoms with Crippen molar-refractivity contribution in [1.82, 2.24) is 5.32 Å². The summed E-state index contributed by atoms with van der Waals surface area (Å²) in [5.41, 5.74) is 0. The Balaban J connectivity index is 1.54. The number of aliphatic hydroxyl groups excluding tert-OH is 1. The minimum absolute atomic E-state index is 0.168. The number of furan rings is 1. The van der Waals surface area contributed by atoms with E-state index in [0.717, 1.165) is 35.4 Å². The van der Waals surface area contributed by atoms with Gasteiger partial charge in [-0.1, -0.05) is 19.3 Å². The average molecular weight is 319 g/mol. The standard InChI is InChI=1S/C17H21NO3S/c19-16(14-7-4-10-21-14)15-9-8-13(22-15)11-18-17(20)12-5-2-1-3-6-12/h4,7-10,12,16,19H,1-3,5-6,11H2,(H,18,20). The summed E-state index contributed by atoms with van der Waals surface area (Å²) in [6.45, 7) is 0.533. The van der Waals surface area contributed by atoms with Crippen molar-refractivity contribution in [3.8, 4) is 0 Å².